The second-order valence-electron chi connectivity index (χ2n) is 3.94. The van der Waals surface area contributed by atoms with Gasteiger partial charge in [0.15, 0.2) is 5.82 Å². The molecular weight excluding hydrogens is 368 g/mol. The number of sulfonamides is 1. The zero-order valence-electron chi connectivity index (χ0n) is 10.8. The summed E-state index contributed by atoms with van der Waals surface area (Å²) in [6, 6.07) is 1.63. The Balaban J connectivity index is 2.13. The van der Waals surface area contributed by atoms with Crippen LogP contribution in [0.2, 0.25) is 0 Å². The van der Waals surface area contributed by atoms with Crippen LogP contribution in [0.4, 0.5) is 0 Å². The summed E-state index contributed by atoms with van der Waals surface area (Å²) in [6.45, 7) is 2.25. The molecule has 0 unspecified atom stereocenters. The van der Waals surface area contributed by atoms with Crippen molar-refractivity contribution < 1.29 is 12.9 Å². The highest BCUT2D eigenvalue weighted by Gasteiger charge is 2.21. The summed E-state index contributed by atoms with van der Waals surface area (Å²) in [4.78, 5) is 5.08. The molecule has 2 rings (SSSR count). The van der Waals surface area contributed by atoms with Gasteiger partial charge in [-0.2, -0.15) is 4.98 Å². The first kappa shape index (κ1) is 15.6. The van der Waals surface area contributed by atoms with Crippen LogP contribution in [0.1, 0.15) is 16.6 Å². The number of nitrogens with zero attached hydrogens (tertiary/aromatic N) is 2. The number of halogens is 1. The van der Waals surface area contributed by atoms with Gasteiger partial charge < -0.3 is 9.84 Å². The Morgan fingerprint density at radius 2 is 2.20 bits per heavy atom. The molecule has 0 atom stereocenters. The smallest absolute Gasteiger partial charge is 0.242 e. The highest BCUT2D eigenvalue weighted by atomic mass is 79.9. The molecule has 2 heterocycles. The zero-order valence-corrected chi connectivity index (χ0v) is 14.0. The Labute approximate surface area is 129 Å². The average Bonchev–Trinajstić information content (AvgIpc) is 2.94. The van der Waals surface area contributed by atoms with Crippen molar-refractivity contribution in [2.24, 2.45) is 0 Å². The van der Waals surface area contributed by atoms with Crippen LogP contribution in [0.15, 0.2) is 19.3 Å². The highest BCUT2D eigenvalue weighted by molar-refractivity contribution is 9.11. The summed E-state index contributed by atoms with van der Waals surface area (Å²) in [5.41, 5.74) is 0. The number of hydrogen-bond donors (Lipinski definition) is 2. The van der Waals surface area contributed by atoms with Crippen LogP contribution in [-0.2, 0) is 23.1 Å². The van der Waals surface area contributed by atoms with E-state index < -0.39 is 10.0 Å². The summed E-state index contributed by atoms with van der Waals surface area (Å²) in [6.07, 6.45) is 0. The number of rotatable bonds is 6. The van der Waals surface area contributed by atoms with Crippen molar-refractivity contribution in [1.82, 2.24) is 20.2 Å². The maximum atomic E-state index is 12.2. The number of thiophene rings is 1. The fourth-order valence-electron chi connectivity index (χ4n) is 1.49. The Hall–Kier alpha value is -0.810. The van der Waals surface area contributed by atoms with E-state index in [0.717, 1.165) is 4.88 Å². The topological polar surface area (TPSA) is 97.1 Å². The van der Waals surface area contributed by atoms with Crippen LogP contribution in [-0.4, -0.2) is 25.6 Å². The van der Waals surface area contributed by atoms with E-state index in [1.165, 1.54) is 11.3 Å². The van der Waals surface area contributed by atoms with E-state index in [2.05, 4.69) is 36.1 Å². The molecule has 0 aliphatic carbocycles. The van der Waals surface area contributed by atoms with Crippen LogP contribution in [0, 0.1) is 6.92 Å². The van der Waals surface area contributed by atoms with Gasteiger partial charge in [-0.1, -0.05) is 5.16 Å². The fourth-order valence-corrected chi connectivity index (χ4v) is 5.17. The molecule has 0 saturated carbocycles. The van der Waals surface area contributed by atoms with Crippen molar-refractivity contribution in [2.75, 3.05) is 7.05 Å². The van der Waals surface area contributed by atoms with Gasteiger partial charge in [0.05, 0.1) is 10.3 Å². The molecule has 0 radical (unpaired) electrons. The first-order valence-electron chi connectivity index (χ1n) is 5.64. The second kappa shape index (κ2) is 6.31. The largest absolute Gasteiger partial charge is 0.340 e. The number of aryl methyl sites for hydroxylation is 1. The quantitative estimate of drug-likeness (QED) is 0.785. The molecule has 0 bridgehead atoms. The van der Waals surface area contributed by atoms with Crippen molar-refractivity contribution in [3.8, 4) is 0 Å². The maximum Gasteiger partial charge on any atom is 0.242 e. The first-order valence-corrected chi connectivity index (χ1v) is 8.73. The predicted molar refractivity (Wildman–Crippen MR) is 77.8 cm³/mol. The monoisotopic (exact) mass is 380 g/mol. The first-order chi connectivity index (χ1) is 9.42. The van der Waals surface area contributed by atoms with Crippen LogP contribution in [0.3, 0.4) is 0 Å². The third-order valence-corrected chi connectivity index (χ3v) is 5.99. The van der Waals surface area contributed by atoms with E-state index in [-0.39, 0.29) is 11.4 Å². The Morgan fingerprint density at radius 1 is 1.45 bits per heavy atom. The molecule has 0 amide bonds. The van der Waals surface area contributed by atoms with Crippen LogP contribution in [0.5, 0.6) is 0 Å². The molecule has 0 spiro atoms. The minimum Gasteiger partial charge on any atom is -0.340 e. The summed E-state index contributed by atoms with van der Waals surface area (Å²) in [5, 5.41) is 6.62. The fraction of sp³-hybridized carbons (Fsp3) is 0.400. The molecule has 0 aromatic carbocycles. The standard InChI is InChI=1S/C10H13BrN4O3S2/c1-6-14-9(15-18-6)5-13-20(16,17)8-3-7(4-12-2)19-10(8)11/h3,12-13H,4-5H2,1-2H3. The Morgan fingerprint density at radius 3 is 2.80 bits per heavy atom. The van der Waals surface area contributed by atoms with Gasteiger partial charge in [-0.25, -0.2) is 13.1 Å². The summed E-state index contributed by atoms with van der Waals surface area (Å²) < 4.78 is 32.2. The van der Waals surface area contributed by atoms with E-state index in [1.54, 1.807) is 20.0 Å². The average molecular weight is 381 g/mol. The lowest BCUT2D eigenvalue weighted by molar-refractivity contribution is 0.387. The van der Waals surface area contributed by atoms with Crippen LogP contribution in [0.25, 0.3) is 0 Å². The minimum absolute atomic E-state index is 0.0106. The molecule has 0 aliphatic heterocycles. The Bertz CT molecular complexity index is 695. The van der Waals surface area contributed by atoms with Gasteiger partial charge in [0.2, 0.25) is 15.9 Å². The third kappa shape index (κ3) is 3.64. The van der Waals surface area contributed by atoms with Crippen molar-refractivity contribution in [1.29, 1.82) is 0 Å². The van der Waals surface area contributed by atoms with Gasteiger partial charge >= 0.3 is 0 Å². The molecule has 2 N–H and O–H groups in total. The molecule has 0 aliphatic rings. The van der Waals surface area contributed by atoms with Gasteiger partial charge in [0.25, 0.3) is 0 Å². The third-order valence-electron chi connectivity index (χ3n) is 2.34. The van der Waals surface area contributed by atoms with Crippen molar-refractivity contribution >= 4 is 37.3 Å². The SMILES string of the molecule is CNCc1cc(S(=O)(=O)NCc2noc(C)n2)c(Br)s1. The van der Waals surface area contributed by atoms with E-state index in [1.807, 2.05) is 0 Å². The lowest BCUT2D eigenvalue weighted by Gasteiger charge is -2.02. The lowest BCUT2D eigenvalue weighted by atomic mass is 10.5. The number of aromatic nitrogens is 2. The van der Waals surface area contributed by atoms with Crippen LogP contribution >= 0.6 is 27.3 Å². The number of nitrogens with one attached hydrogen (secondary N) is 2. The molecule has 2 aromatic heterocycles. The van der Waals surface area contributed by atoms with Gasteiger partial charge in [-0.05, 0) is 29.0 Å². The maximum absolute atomic E-state index is 12.2. The molecule has 10 heteroatoms. The minimum atomic E-state index is -3.61. The van der Waals surface area contributed by atoms with Gasteiger partial charge in [-0.3, -0.25) is 0 Å². The molecule has 110 valence electrons. The lowest BCUT2D eigenvalue weighted by Crippen LogP contribution is -2.23. The predicted octanol–water partition coefficient (Wildman–Crippen LogP) is 1.40. The summed E-state index contributed by atoms with van der Waals surface area (Å²) in [7, 11) is -1.81. The Kier molecular flexibility index (Phi) is 4.91. The molecule has 2 aromatic rings. The van der Waals surface area contributed by atoms with E-state index >= 15 is 0 Å². The highest BCUT2D eigenvalue weighted by Crippen LogP contribution is 2.31. The van der Waals surface area contributed by atoms with Gasteiger partial charge in [0, 0.05) is 18.3 Å². The summed E-state index contributed by atoms with van der Waals surface area (Å²) >= 11 is 4.65. The van der Waals surface area contributed by atoms with Crippen molar-refractivity contribution in [3.05, 3.63) is 26.4 Å². The van der Waals surface area contributed by atoms with Gasteiger partial charge in [0.1, 0.15) is 4.90 Å². The van der Waals surface area contributed by atoms with Crippen LogP contribution < -0.4 is 10.0 Å². The molecule has 20 heavy (non-hydrogen) atoms. The summed E-state index contributed by atoms with van der Waals surface area (Å²) in [5.74, 6) is 0.695. The molecule has 7 nitrogen and oxygen atoms in total. The number of hydrogen-bond acceptors (Lipinski definition) is 7. The molecule has 0 fully saturated rings. The zero-order chi connectivity index (χ0) is 14.8. The molecular formula is C10H13BrN4O3S2. The van der Waals surface area contributed by atoms with E-state index in [9.17, 15) is 8.42 Å². The van der Waals surface area contributed by atoms with E-state index in [0.29, 0.717) is 22.0 Å². The second-order valence-corrected chi connectivity index (χ2v) is 8.13. The van der Waals surface area contributed by atoms with Crippen molar-refractivity contribution in [3.63, 3.8) is 0 Å². The van der Waals surface area contributed by atoms with E-state index in [4.69, 9.17) is 4.52 Å². The van der Waals surface area contributed by atoms with Crippen molar-refractivity contribution in [2.45, 2.75) is 24.9 Å². The normalized spacial score (nSPS) is 11.9. The molecule has 0 saturated heterocycles. The van der Waals surface area contributed by atoms with Gasteiger partial charge in [-0.15, -0.1) is 11.3 Å².